The highest BCUT2D eigenvalue weighted by atomic mass is 16.3. The summed E-state index contributed by atoms with van der Waals surface area (Å²) >= 11 is 0. The van der Waals surface area contributed by atoms with E-state index in [2.05, 4.69) is 13.0 Å². The maximum atomic E-state index is 10.6. The summed E-state index contributed by atoms with van der Waals surface area (Å²) in [5.74, 6) is 0. The Morgan fingerprint density at radius 2 is 1.23 bits per heavy atom. The van der Waals surface area contributed by atoms with Crippen LogP contribution in [0.5, 0.6) is 0 Å². The van der Waals surface area contributed by atoms with Crippen LogP contribution >= 0.6 is 0 Å². The average Bonchev–Trinajstić information content (AvgIpc) is 2.77. The number of nitrogens with zero attached hydrogens (tertiary/aromatic N) is 2. The summed E-state index contributed by atoms with van der Waals surface area (Å²) in [6.45, 7) is 2.86. The predicted octanol–water partition coefficient (Wildman–Crippen LogP) is 7.99. The van der Waals surface area contributed by atoms with E-state index in [1.807, 2.05) is 35.2 Å². The molecule has 0 aliphatic heterocycles. The standard InChI is InChI=1S/C27H46N2O/c1-2-3-4-5-6-7-8-9-10-11-12-13-14-15-19-23-27(30)29(25-20-24-28)26-21-17-16-18-22-26/h16-18,21-22,27,30H,2-15,19-20,23,25H2,1H3. The Bertz CT molecular complexity index is 525. The van der Waals surface area contributed by atoms with Crippen molar-refractivity contribution in [3.63, 3.8) is 0 Å². The van der Waals surface area contributed by atoms with E-state index in [1.165, 1.54) is 89.9 Å². The summed E-state index contributed by atoms with van der Waals surface area (Å²) in [6, 6.07) is 12.1. The van der Waals surface area contributed by atoms with E-state index in [-0.39, 0.29) is 0 Å². The molecule has 0 aliphatic carbocycles. The van der Waals surface area contributed by atoms with Crippen LogP contribution in [0.4, 0.5) is 5.69 Å². The van der Waals surface area contributed by atoms with Gasteiger partial charge in [0, 0.05) is 12.2 Å². The van der Waals surface area contributed by atoms with Gasteiger partial charge in [0.25, 0.3) is 0 Å². The molecule has 0 heterocycles. The molecule has 0 saturated heterocycles. The van der Waals surface area contributed by atoms with Gasteiger partial charge in [-0.2, -0.15) is 5.26 Å². The second kappa shape index (κ2) is 19.4. The molecule has 0 aromatic heterocycles. The number of para-hydroxylation sites is 1. The Labute approximate surface area is 186 Å². The van der Waals surface area contributed by atoms with Gasteiger partial charge < -0.3 is 10.0 Å². The zero-order valence-electron chi connectivity index (χ0n) is 19.5. The number of hydrogen-bond acceptors (Lipinski definition) is 3. The van der Waals surface area contributed by atoms with Crippen LogP contribution in [0.3, 0.4) is 0 Å². The van der Waals surface area contributed by atoms with E-state index >= 15 is 0 Å². The van der Waals surface area contributed by atoms with Gasteiger partial charge in [-0.05, 0) is 25.0 Å². The minimum Gasteiger partial charge on any atom is -0.374 e. The van der Waals surface area contributed by atoms with Crippen LogP contribution in [0.15, 0.2) is 30.3 Å². The zero-order chi connectivity index (χ0) is 21.7. The Hall–Kier alpha value is -1.53. The molecule has 3 heteroatoms. The number of benzene rings is 1. The number of nitriles is 1. The third kappa shape index (κ3) is 13.6. The normalized spacial score (nSPS) is 11.9. The summed E-state index contributed by atoms with van der Waals surface area (Å²) < 4.78 is 0. The Morgan fingerprint density at radius 3 is 1.70 bits per heavy atom. The molecule has 0 amide bonds. The SMILES string of the molecule is CCCCCCCCCCCCCCCCCC(O)N(CCC#N)c1ccccc1. The molecule has 170 valence electrons. The molecule has 0 bridgehead atoms. The largest absolute Gasteiger partial charge is 0.374 e. The third-order valence-electron chi connectivity index (χ3n) is 5.98. The van der Waals surface area contributed by atoms with Gasteiger partial charge in [0.05, 0.1) is 12.5 Å². The summed E-state index contributed by atoms with van der Waals surface area (Å²) in [5, 5.41) is 19.5. The smallest absolute Gasteiger partial charge is 0.126 e. The maximum Gasteiger partial charge on any atom is 0.126 e. The molecule has 1 aromatic carbocycles. The minimum absolute atomic E-state index is 0.435. The van der Waals surface area contributed by atoms with Gasteiger partial charge in [0.15, 0.2) is 0 Å². The zero-order valence-corrected chi connectivity index (χ0v) is 19.5. The number of aliphatic hydroxyl groups is 1. The lowest BCUT2D eigenvalue weighted by molar-refractivity contribution is 0.155. The van der Waals surface area contributed by atoms with Gasteiger partial charge >= 0.3 is 0 Å². The van der Waals surface area contributed by atoms with Gasteiger partial charge in [-0.3, -0.25) is 0 Å². The molecule has 1 atom stereocenters. The van der Waals surface area contributed by atoms with Crippen LogP contribution in [-0.4, -0.2) is 17.9 Å². The maximum absolute atomic E-state index is 10.6. The van der Waals surface area contributed by atoms with Crippen molar-refractivity contribution in [2.45, 2.75) is 122 Å². The first-order valence-electron chi connectivity index (χ1n) is 12.7. The van der Waals surface area contributed by atoms with Crippen molar-refractivity contribution in [2.75, 3.05) is 11.4 Å². The fraction of sp³-hybridized carbons (Fsp3) is 0.741. The number of anilines is 1. The predicted molar refractivity (Wildman–Crippen MR) is 130 cm³/mol. The molecule has 1 rings (SSSR count). The molecule has 0 saturated carbocycles. The number of rotatable bonds is 20. The number of hydrogen-bond donors (Lipinski definition) is 1. The van der Waals surface area contributed by atoms with Gasteiger partial charge in [-0.1, -0.05) is 115 Å². The molecule has 1 unspecified atom stereocenters. The van der Waals surface area contributed by atoms with Crippen LogP contribution in [-0.2, 0) is 0 Å². The van der Waals surface area contributed by atoms with Crippen LogP contribution < -0.4 is 4.90 Å². The van der Waals surface area contributed by atoms with Crippen molar-refractivity contribution in [2.24, 2.45) is 0 Å². The number of unbranched alkanes of at least 4 members (excludes halogenated alkanes) is 14. The molecule has 0 spiro atoms. The highest BCUT2D eigenvalue weighted by Crippen LogP contribution is 2.20. The van der Waals surface area contributed by atoms with E-state index in [0.717, 1.165) is 18.5 Å². The summed E-state index contributed by atoms with van der Waals surface area (Å²) in [7, 11) is 0. The molecule has 1 N–H and O–H groups in total. The van der Waals surface area contributed by atoms with Crippen molar-refractivity contribution in [3.8, 4) is 6.07 Å². The Kier molecular flexibility index (Phi) is 17.2. The van der Waals surface area contributed by atoms with Crippen molar-refractivity contribution in [3.05, 3.63) is 30.3 Å². The van der Waals surface area contributed by atoms with E-state index in [4.69, 9.17) is 5.26 Å². The Balaban J connectivity index is 1.99. The molecular weight excluding hydrogens is 368 g/mol. The first kappa shape index (κ1) is 26.5. The third-order valence-corrected chi connectivity index (χ3v) is 5.98. The highest BCUT2D eigenvalue weighted by molar-refractivity contribution is 5.46. The Morgan fingerprint density at radius 1 is 0.767 bits per heavy atom. The topological polar surface area (TPSA) is 47.3 Å². The van der Waals surface area contributed by atoms with Gasteiger partial charge in [-0.25, -0.2) is 0 Å². The van der Waals surface area contributed by atoms with Crippen LogP contribution in [0.2, 0.25) is 0 Å². The van der Waals surface area contributed by atoms with E-state index in [1.54, 1.807) is 0 Å². The summed E-state index contributed by atoms with van der Waals surface area (Å²) in [6.07, 6.45) is 21.0. The number of aliphatic hydroxyl groups excluding tert-OH is 1. The first-order valence-corrected chi connectivity index (χ1v) is 12.7. The molecule has 30 heavy (non-hydrogen) atoms. The van der Waals surface area contributed by atoms with E-state index < -0.39 is 6.23 Å². The lowest BCUT2D eigenvalue weighted by atomic mass is 10.0. The molecule has 0 aliphatic rings. The average molecular weight is 415 g/mol. The second-order valence-electron chi connectivity index (χ2n) is 8.66. The fourth-order valence-electron chi connectivity index (χ4n) is 4.09. The van der Waals surface area contributed by atoms with Crippen LogP contribution in [0, 0.1) is 11.3 Å². The van der Waals surface area contributed by atoms with Crippen molar-refractivity contribution < 1.29 is 5.11 Å². The molecule has 1 aromatic rings. The fourth-order valence-corrected chi connectivity index (χ4v) is 4.09. The van der Waals surface area contributed by atoms with Crippen molar-refractivity contribution in [1.29, 1.82) is 5.26 Å². The lowest BCUT2D eigenvalue weighted by Gasteiger charge is -2.29. The quantitative estimate of drug-likeness (QED) is 0.174. The minimum atomic E-state index is -0.497. The van der Waals surface area contributed by atoms with Crippen LogP contribution in [0.1, 0.15) is 116 Å². The van der Waals surface area contributed by atoms with E-state index in [9.17, 15) is 5.11 Å². The lowest BCUT2D eigenvalue weighted by Crippen LogP contribution is -2.36. The van der Waals surface area contributed by atoms with E-state index in [0.29, 0.717) is 13.0 Å². The molecule has 0 radical (unpaired) electrons. The van der Waals surface area contributed by atoms with Crippen molar-refractivity contribution in [1.82, 2.24) is 0 Å². The molecule has 3 nitrogen and oxygen atoms in total. The van der Waals surface area contributed by atoms with Gasteiger partial charge in [-0.15, -0.1) is 0 Å². The van der Waals surface area contributed by atoms with Crippen molar-refractivity contribution >= 4 is 5.69 Å². The second-order valence-corrected chi connectivity index (χ2v) is 8.66. The summed E-state index contributed by atoms with van der Waals surface area (Å²) in [4.78, 5) is 1.97. The van der Waals surface area contributed by atoms with Crippen LogP contribution in [0.25, 0.3) is 0 Å². The highest BCUT2D eigenvalue weighted by Gasteiger charge is 2.15. The molecule has 0 fully saturated rings. The first-order chi connectivity index (χ1) is 14.8. The monoisotopic (exact) mass is 414 g/mol. The molecular formula is C27H46N2O. The van der Waals surface area contributed by atoms with Gasteiger partial charge in [0.2, 0.25) is 0 Å². The summed E-state index contributed by atoms with van der Waals surface area (Å²) in [5.41, 5.74) is 1.00. The van der Waals surface area contributed by atoms with Gasteiger partial charge in [0.1, 0.15) is 6.23 Å².